The van der Waals surface area contributed by atoms with Crippen LogP contribution in [0.1, 0.15) is 19.3 Å². The van der Waals surface area contributed by atoms with Gasteiger partial charge in [-0.2, -0.15) is 4.98 Å². The molecule has 2 fully saturated rings. The third-order valence-corrected chi connectivity index (χ3v) is 6.96. The second-order valence-corrected chi connectivity index (χ2v) is 8.70. The van der Waals surface area contributed by atoms with Gasteiger partial charge in [0, 0.05) is 43.9 Å². The average Bonchev–Trinajstić information content (AvgIpc) is 3.50. The summed E-state index contributed by atoms with van der Waals surface area (Å²) in [5, 5.41) is 4.35. The van der Waals surface area contributed by atoms with Crippen LogP contribution in [0.4, 0.5) is 15.7 Å². The van der Waals surface area contributed by atoms with E-state index in [0.29, 0.717) is 23.0 Å². The number of anilines is 2. The Kier molecular flexibility index (Phi) is 4.89. The molecule has 1 aliphatic heterocycles. The van der Waals surface area contributed by atoms with Crippen LogP contribution in [0.25, 0.3) is 11.0 Å². The summed E-state index contributed by atoms with van der Waals surface area (Å²) in [5.74, 6) is 2.08. The number of fused-ring (bicyclic) bond motifs is 2. The van der Waals surface area contributed by atoms with Crippen molar-refractivity contribution < 1.29 is 9.53 Å². The number of hydrogen-bond donors (Lipinski definition) is 2. The number of methoxy groups -OCH3 is 1. The first-order valence-electron chi connectivity index (χ1n) is 10.1. The summed E-state index contributed by atoms with van der Waals surface area (Å²) in [6, 6.07) is 2.59. The van der Waals surface area contributed by atoms with Gasteiger partial charge < -0.3 is 19.5 Å². The molecule has 1 saturated heterocycles. The minimum absolute atomic E-state index is 0.117. The molecule has 2 amide bonds. The Balaban J connectivity index is 1.24. The van der Waals surface area contributed by atoms with E-state index in [1.54, 1.807) is 6.33 Å². The molecule has 5 rings (SSSR count). The molecule has 4 heterocycles. The summed E-state index contributed by atoms with van der Waals surface area (Å²) >= 11 is 1.12. The van der Waals surface area contributed by atoms with Gasteiger partial charge >= 0.3 is 12.0 Å². The van der Waals surface area contributed by atoms with Crippen LogP contribution in [0.3, 0.4) is 0 Å². The molecular formula is C19H24N8O2S. The Bertz CT molecular complexity index is 1050. The molecule has 0 radical (unpaired) electrons. The largest absolute Gasteiger partial charge is 0.466 e. The van der Waals surface area contributed by atoms with Gasteiger partial charge in [-0.25, -0.2) is 14.8 Å². The average molecular weight is 429 g/mol. The van der Waals surface area contributed by atoms with Crippen molar-refractivity contribution in [3.05, 3.63) is 18.6 Å². The minimum atomic E-state index is -0.117. The highest BCUT2D eigenvalue weighted by atomic mass is 32.1. The third-order valence-electron chi connectivity index (χ3n) is 6.35. The first kappa shape index (κ1) is 19.0. The summed E-state index contributed by atoms with van der Waals surface area (Å²) in [5.41, 5.74) is 0.860. The van der Waals surface area contributed by atoms with Crippen molar-refractivity contribution in [2.75, 3.05) is 37.5 Å². The van der Waals surface area contributed by atoms with E-state index >= 15 is 0 Å². The lowest BCUT2D eigenvalue weighted by atomic mass is 9.89. The maximum absolute atomic E-state index is 12.7. The van der Waals surface area contributed by atoms with Crippen molar-refractivity contribution in [3.63, 3.8) is 0 Å². The smallest absolute Gasteiger partial charge is 0.329 e. The van der Waals surface area contributed by atoms with E-state index in [4.69, 9.17) is 4.74 Å². The van der Waals surface area contributed by atoms with E-state index in [9.17, 15) is 4.79 Å². The van der Waals surface area contributed by atoms with Crippen LogP contribution >= 0.6 is 11.5 Å². The highest BCUT2D eigenvalue weighted by Gasteiger charge is 2.41. The zero-order chi connectivity index (χ0) is 20.7. The summed E-state index contributed by atoms with van der Waals surface area (Å²) < 4.78 is 9.00. The molecule has 3 aromatic rings. The fraction of sp³-hybridized carbons (Fsp3) is 0.526. The predicted octanol–water partition coefficient (Wildman–Crippen LogP) is 2.59. The van der Waals surface area contributed by atoms with Gasteiger partial charge in [-0.3, -0.25) is 5.32 Å². The Morgan fingerprint density at radius 1 is 1.37 bits per heavy atom. The molecule has 1 aliphatic carbocycles. The fourth-order valence-corrected chi connectivity index (χ4v) is 5.31. The lowest BCUT2D eigenvalue weighted by Gasteiger charge is -2.34. The lowest BCUT2D eigenvalue weighted by Crippen LogP contribution is -2.44. The van der Waals surface area contributed by atoms with Gasteiger partial charge in [0.15, 0.2) is 0 Å². The molecule has 2 aliphatic rings. The number of urea groups is 1. The first-order chi connectivity index (χ1) is 14.6. The number of aromatic amines is 1. The number of ether oxygens (including phenoxy) is 1. The van der Waals surface area contributed by atoms with Crippen molar-refractivity contribution in [2.45, 2.75) is 25.3 Å². The highest BCUT2D eigenvalue weighted by molar-refractivity contribution is 7.10. The molecule has 3 aromatic heterocycles. The van der Waals surface area contributed by atoms with Gasteiger partial charge in [0.1, 0.15) is 17.8 Å². The number of nitrogens with one attached hydrogen (secondary N) is 2. The molecule has 0 bridgehead atoms. The summed E-state index contributed by atoms with van der Waals surface area (Å²) in [6.45, 7) is 1.52. The molecule has 2 N–H and O–H groups in total. The number of aromatic nitrogens is 5. The molecular weight excluding hydrogens is 404 g/mol. The molecule has 3 unspecified atom stereocenters. The minimum Gasteiger partial charge on any atom is -0.466 e. The molecule has 0 spiro atoms. The molecule has 30 heavy (non-hydrogen) atoms. The van der Waals surface area contributed by atoms with E-state index in [1.807, 2.05) is 17.2 Å². The number of hydrogen-bond acceptors (Lipinski definition) is 8. The molecule has 0 aromatic carbocycles. The van der Waals surface area contributed by atoms with E-state index in [0.717, 1.165) is 60.7 Å². The summed E-state index contributed by atoms with van der Waals surface area (Å²) in [7, 11) is 3.62. The topological polar surface area (TPSA) is 112 Å². The molecule has 3 atom stereocenters. The normalized spacial score (nSPS) is 23.4. The van der Waals surface area contributed by atoms with Gasteiger partial charge in [0.2, 0.25) is 5.13 Å². The second-order valence-electron chi connectivity index (χ2n) is 7.94. The maximum atomic E-state index is 12.7. The summed E-state index contributed by atoms with van der Waals surface area (Å²) in [6.07, 6.45) is 6.70. The number of nitrogens with zero attached hydrogens (tertiary/aromatic N) is 6. The van der Waals surface area contributed by atoms with Crippen molar-refractivity contribution >= 4 is 39.5 Å². The lowest BCUT2D eigenvalue weighted by molar-refractivity contribution is 0.154. The van der Waals surface area contributed by atoms with Crippen LogP contribution in [0, 0.1) is 11.8 Å². The van der Waals surface area contributed by atoms with Gasteiger partial charge in [0.05, 0.1) is 12.5 Å². The van der Waals surface area contributed by atoms with Crippen LogP contribution < -0.4 is 15.0 Å². The standard InChI is InChI=1S/C19H24N8O2S/c1-26(16-14-3-5-20-15(14)21-10-22-16)13-7-11-4-6-27(9-12(11)8-13)19(28)24-18-23-17(29-2)25-30-18/h3,5,10-13H,4,6-9H2,1-2H3,(H,20,21,22)(H,23,24,25,28). The van der Waals surface area contributed by atoms with E-state index in [2.05, 4.69) is 41.6 Å². The number of likely N-dealkylation sites (tertiary alicyclic amines) is 1. The van der Waals surface area contributed by atoms with Crippen molar-refractivity contribution in [1.82, 2.24) is 29.2 Å². The number of amides is 2. The quantitative estimate of drug-likeness (QED) is 0.657. The van der Waals surface area contributed by atoms with Gasteiger partial charge in [-0.15, -0.1) is 4.37 Å². The number of carbonyl (C=O) groups is 1. The zero-order valence-corrected chi connectivity index (χ0v) is 17.7. The monoisotopic (exact) mass is 428 g/mol. The molecule has 1 saturated carbocycles. The Morgan fingerprint density at radius 3 is 3.07 bits per heavy atom. The van der Waals surface area contributed by atoms with E-state index < -0.39 is 0 Å². The van der Waals surface area contributed by atoms with Crippen molar-refractivity contribution in [2.24, 2.45) is 11.8 Å². The molecule has 11 heteroatoms. The Hall–Kier alpha value is -2.95. The Morgan fingerprint density at radius 2 is 2.23 bits per heavy atom. The number of carbonyl (C=O) groups excluding carboxylic acids is 1. The number of H-pyrrole nitrogens is 1. The summed E-state index contributed by atoms with van der Waals surface area (Å²) in [4.78, 5) is 33.0. The van der Waals surface area contributed by atoms with E-state index in [1.165, 1.54) is 7.11 Å². The van der Waals surface area contributed by atoms with Crippen molar-refractivity contribution in [3.8, 4) is 6.01 Å². The predicted molar refractivity (Wildman–Crippen MR) is 114 cm³/mol. The molecule has 10 nitrogen and oxygen atoms in total. The maximum Gasteiger partial charge on any atom is 0.329 e. The van der Waals surface area contributed by atoms with Gasteiger partial charge in [-0.1, -0.05) is 0 Å². The number of rotatable bonds is 4. The third kappa shape index (κ3) is 3.42. The van der Waals surface area contributed by atoms with Crippen LogP contribution in [0.5, 0.6) is 6.01 Å². The van der Waals surface area contributed by atoms with Crippen LogP contribution in [-0.2, 0) is 0 Å². The number of piperidine rings is 1. The second kappa shape index (κ2) is 7.71. The van der Waals surface area contributed by atoms with Gasteiger partial charge in [-0.05, 0) is 37.2 Å². The van der Waals surface area contributed by atoms with Crippen LogP contribution in [-0.4, -0.2) is 68.5 Å². The fourth-order valence-electron chi connectivity index (χ4n) is 4.78. The van der Waals surface area contributed by atoms with Crippen molar-refractivity contribution in [1.29, 1.82) is 0 Å². The SMILES string of the molecule is COc1nsc(NC(=O)N2CCC3CC(N(C)c4ncnc5[nH]ccc45)CC3C2)n1. The van der Waals surface area contributed by atoms with Crippen LogP contribution in [0.15, 0.2) is 18.6 Å². The highest BCUT2D eigenvalue weighted by Crippen LogP contribution is 2.41. The van der Waals surface area contributed by atoms with Gasteiger partial charge in [0.25, 0.3) is 0 Å². The zero-order valence-electron chi connectivity index (χ0n) is 16.9. The van der Waals surface area contributed by atoms with E-state index in [-0.39, 0.29) is 12.0 Å². The Labute approximate surface area is 177 Å². The molecule has 158 valence electrons. The first-order valence-corrected chi connectivity index (χ1v) is 10.8. The van der Waals surface area contributed by atoms with Crippen LogP contribution in [0.2, 0.25) is 0 Å².